The van der Waals surface area contributed by atoms with Crippen LogP contribution in [0.15, 0.2) is 29.4 Å². The molecule has 2 heterocycles. The Labute approximate surface area is 186 Å². The van der Waals surface area contributed by atoms with Crippen LogP contribution in [0.25, 0.3) is 5.69 Å². The van der Waals surface area contributed by atoms with Gasteiger partial charge in [0.05, 0.1) is 23.3 Å². The maximum atomic E-state index is 13.5. The van der Waals surface area contributed by atoms with E-state index in [1.54, 1.807) is 17.0 Å². The number of thioether (sulfide) groups is 1. The third-order valence-electron chi connectivity index (χ3n) is 5.53. The van der Waals surface area contributed by atoms with Crippen LogP contribution in [0.2, 0.25) is 0 Å². The summed E-state index contributed by atoms with van der Waals surface area (Å²) < 4.78 is 38.9. The molecule has 1 aromatic heterocycles. The molecule has 0 bridgehead atoms. The Morgan fingerprint density at radius 3 is 2.52 bits per heavy atom. The zero-order valence-electron chi connectivity index (χ0n) is 18.2. The van der Waals surface area contributed by atoms with Crippen LogP contribution in [0.1, 0.15) is 32.1 Å². The molecule has 0 unspecified atom stereocenters. The molecular weight excluding hydrogens is 441 g/mol. The molecule has 0 spiro atoms. The number of hydrogen-bond acceptors (Lipinski definition) is 7. The molecule has 1 aliphatic heterocycles. The summed E-state index contributed by atoms with van der Waals surface area (Å²) in [6.45, 7) is 4.29. The predicted molar refractivity (Wildman–Crippen MR) is 119 cm³/mol. The Kier molecular flexibility index (Phi) is 7.38. The second-order valence-corrected chi connectivity index (χ2v) is 11.0. The Hall–Kier alpha value is -1.98. The van der Waals surface area contributed by atoms with Crippen molar-refractivity contribution in [3.8, 4) is 5.69 Å². The van der Waals surface area contributed by atoms with E-state index in [-0.39, 0.29) is 41.1 Å². The first kappa shape index (κ1) is 23.7. The fraction of sp³-hybridized carbons (Fsp3) is 0.550. The smallest absolute Gasteiger partial charge is 0.233 e. The number of nitrogens with zero attached hydrogens (tertiary/aromatic N) is 5. The largest absolute Gasteiger partial charge is 0.338 e. The molecule has 1 saturated heterocycles. The highest BCUT2D eigenvalue weighted by Crippen LogP contribution is 2.28. The van der Waals surface area contributed by atoms with Crippen LogP contribution in [-0.4, -0.2) is 82.8 Å². The number of halogens is 1. The Balaban J connectivity index is 1.82. The molecule has 11 heteroatoms. The van der Waals surface area contributed by atoms with E-state index in [2.05, 4.69) is 10.2 Å². The first-order valence-corrected chi connectivity index (χ1v) is 12.9. The van der Waals surface area contributed by atoms with Gasteiger partial charge in [0, 0.05) is 18.3 Å². The number of carbonyl (C=O) groups is 1. The first-order chi connectivity index (χ1) is 14.6. The number of amides is 1. The predicted octanol–water partition coefficient (Wildman–Crippen LogP) is 2.16. The molecular formula is C20H28FN5O3S2. The van der Waals surface area contributed by atoms with E-state index in [1.165, 1.54) is 23.9 Å². The van der Waals surface area contributed by atoms with Gasteiger partial charge in [0.15, 0.2) is 20.8 Å². The van der Waals surface area contributed by atoms with E-state index >= 15 is 0 Å². The van der Waals surface area contributed by atoms with Crippen LogP contribution in [-0.2, 0) is 14.6 Å². The summed E-state index contributed by atoms with van der Waals surface area (Å²) in [5, 5.41) is 9.14. The summed E-state index contributed by atoms with van der Waals surface area (Å²) in [5.41, 5.74) is 0.708. The lowest BCUT2D eigenvalue weighted by molar-refractivity contribution is -0.129. The molecule has 0 saturated carbocycles. The highest BCUT2D eigenvalue weighted by molar-refractivity contribution is 7.99. The second-order valence-electron chi connectivity index (χ2n) is 7.82. The number of benzene rings is 1. The van der Waals surface area contributed by atoms with Gasteiger partial charge in [-0.15, -0.1) is 10.2 Å². The van der Waals surface area contributed by atoms with Crippen LogP contribution in [0.5, 0.6) is 0 Å². The van der Waals surface area contributed by atoms with Crippen molar-refractivity contribution in [2.45, 2.75) is 37.5 Å². The summed E-state index contributed by atoms with van der Waals surface area (Å²) >= 11 is 1.24. The van der Waals surface area contributed by atoms with Crippen molar-refractivity contribution < 1.29 is 17.6 Å². The van der Waals surface area contributed by atoms with Crippen molar-refractivity contribution in [3.63, 3.8) is 0 Å². The maximum absolute atomic E-state index is 13.5. The molecule has 2 aromatic rings. The summed E-state index contributed by atoms with van der Waals surface area (Å²) in [5.74, 6) is 0.465. The van der Waals surface area contributed by atoms with E-state index < -0.39 is 9.84 Å². The van der Waals surface area contributed by atoms with Crippen LogP contribution >= 0.6 is 11.8 Å². The van der Waals surface area contributed by atoms with Crippen molar-refractivity contribution >= 4 is 27.5 Å². The van der Waals surface area contributed by atoms with Gasteiger partial charge in [0.1, 0.15) is 5.82 Å². The Morgan fingerprint density at radius 1 is 1.29 bits per heavy atom. The minimum Gasteiger partial charge on any atom is -0.338 e. The number of hydrogen-bond donors (Lipinski definition) is 0. The van der Waals surface area contributed by atoms with E-state index in [0.717, 1.165) is 0 Å². The van der Waals surface area contributed by atoms with Gasteiger partial charge in [-0.05, 0) is 58.6 Å². The van der Waals surface area contributed by atoms with Crippen LogP contribution in [0, 0.1) is 5.82 Å². The zero-order chi connectivity index (χ0) is 22.8. The highest BCUT2D eigenvalue weighted by Gasteiger charge is 2.34. The SMILES string of the molecule is CCN(C(=O)CSc1nnc([C@H](C)N(C)C)n1-c1ccc(F)cc1)[C@@H]1CCS(=O)(=O)C1. The molecule has 1 amide bonds. The third-order valence-corrected chi connectivity index (χ3v) is 8.19. The van der Waals surface area contributed by atoms with Crippen LogP contribution in [0.4, 0.5) is 4.39 Å². The zero-order valence-corrected chi connectivity index (χ0v) is 19.8. The molecule has 2 atom stereocenters. The number of rotatable bonds is 8. The fourth-order valence-electron chi connectivity index (χ4n) is 3.58. The van der Waals surface area contributed by atoms with E-state index in [0.29, 0.717) is 29.6 Å². The van der Waals surface area contributed by atoms with E-state index in [1.807, 2.05) is 37.4 Å². The highest BCUT2D eigenvalue weighted by atomic mass is 32.2. The molecule has 31 heavy (non-hydrogen) atoms. The monoisotopic (exact) mass is 469 g/mol. The lowest BCUT2D eigenvalue weighted by Crippen LogP contribution is -2.42. The average Bonchev–Trinajstić information content (AvgIpc) is 3.30. The fourth-order valence-corrected chi connectivity index (χ4v) is 6.15. The standard InChI is InChI=1S/C20H28FN5O3S2/c1-5-25(17-10-11-31(28,29)13-17)18(27)12-30-20-23-22-19(14(2)24(3)4)26(20)16-8-6-15(21)7-9-16/h6-9,14,17H,5,10-13H2,1-4H3/t14-,17+/m0/s1. The van der Waals surface area contributed by atoms with Crippen molar-refractivity contribution in [1.82, 2.24) is 24.6 Å². The van der Waals surface area contributed by atoms with Crippen molar-refractivity contribution in [3.05, 3.63) is 35.9 Å². The van der Waals surface area contributed by atoms with Gasteiger partial charge in [0.25, 0.3) is 0 Å². The summed E-state index contributed by atoms with van der Waals surface area (Å²) in [6.07, 6.45) is 0.475. The first-order valence-electron chi connectivity index (χ1n) is 10.1. The second kappa shape index (κ2) is 9.66. The minimum atomic E-state index is -3.07. The van der Waals surface area contributed by atoms with Gasteiger partial charge in [0.2, 0.25) is 5.91 Å². The molecule has 0 aliphatic carbocycles. The van der Waals surface area contributed by atoms with Gasteiger partial charge in [-0.25, -0.2) is 12.8 Å². The van der Waals surface area contributed by atoms with Crippen molar-refractivity contribution in [2.75, 3.05) is 37.9 Å². The topological polar surface area (TPSA) is 88.4 Å². The molecule has 8 nitrogen and oxygen atoms in total. The van der Waals surface area contributed by atoms with Crippen molar-refractivity contribution in [2.24, 2.45) is 0 Å². The lowest BCUT2D eigenvalue weighted by atomic mass is 10.2. The molecule has 0 radical (unpaired) electrons. The van der Waals surface area contributed by atoms with Gasteiger partial charge >= 0.3 is 0 Å². The van der Waals surface area contributed by atoms with Gasteiger partial charge < -0.3 is 4.90 Å². The Bertz CT molecular complexity index is 1020. The van der Waals surface area contributed by atoms with Gasteiger partial charge in [-0.2, -0.15) is 0 Å². The normalized spacial score (nSPS) is 19.0. The lowest BCUT2D eigenvalue weighted by Gasteiger charge is -2.26. The molecule has 170 valence electrons. The maximum Gasteiger partial charge on any atom is 0.233 e. The van der Waals surface area contributed by atoms with Gasteiger partial charge in [-0.1, -0.05) is 11.8 Å². The molecule has 1 aliphatic rings. The summed E-state index contributed by atoms with van der Waals surface area (Å²) in [6, 6.07) is 5.72. The van der Waals surface area contributed by atoms with Crippen LogP contribution < -0.4 is 0 Å². The molecule has 1 aromatic carbocycles. The Morgan fingerprint density at radius 2 is 1.97 bits per heavy atom. The quantitative estimate of drug-likeness (QED) is 0.548. The average molecular weight is 470 g/mol. The number of aromatic nitrogens is 3. The van der Waals surface area contributed by atoms with Gasteiger partial charge in [-0.3, -0.25) is 14.3 Å². The minimum absolute atomic E-state index is 0.0213. The third kappa shape index (κ3) is 5.45. The van der Waals surface area contributed by atoms with Crippen molar-refractivity contribution in [1.29, 1.82) is 0 Å². The summed E-state index contributed by atoms with van der Waals surface area (Å²) in [4.78, 5) is 16.5. The summed E-state index contributed by atoms with van der Waals surface area (Å²) in [7, 11) is 0.786. The number of carbonyl (C=O) groups excluding carboxylic acids is 1. The van der Waals surface area contributed by atoms with E-state index in [4.69, 9.17) is 0 Å². The molecule has 3 rings (SSSR count). The number of sulfone groups is 1. The molecule has 0 N–H and O–H groups in total. The van der Waals surface area contributed by atoms with E-state index in [9.17, 15) is 17.6 Å². The molecule has 1 fully saturated rings. The van der Waals surface area contributed by atoms with Crippen LogP contribution in [0.3, 0.4) is 0 Å².